The van der Waals surface area contributed by atoms with Crippen LogP contribution in [-0.2, 0) is 0 Å². The van der Waals surface area contributed by atoms with Crippen molar-refractivity contribution in [2.75, 3.05) is 0 Å². The lowest BCUT2D eigenvalue weighted by molar-refractivity contribution is 0.0324. The van der Waals surface area contributed by atoms with E-state index in [1.807, 2.05) is 0 Å². The molecule has 84 valence electrons. The van der Waals surface area contributed by atoms with Gasteiger partial charge >= 0.3 is 0 Å². The first-order valence-corrected chi connectivity index (χ1v) is 6.07. The normalized spacial score (nSPS) is 31.5. The Morgan fingerprint density at radius 2 is 1.93 bits per heavy atom. The van der Waals surface area contributed by atoms with Crippen LogP contribution in [0.3, 0.4) is 0 Å². The van der Waals surface area contributed by atoms with Crippen molar-refractivity contribution in [1.82, 2.24) is 0 Å². The molecule has 1 aliphatic carbocycles. The van der Waals surface area contributed by atoms with Crippen LogP contribution in [0.15, 0.2) is 0 Å². The molecule has 0 spiro atoms. The maximum absolute atomic E-state index is 10.0. The minimum atomic E-state index is -0.127. The van der Waals surface area contributed by atoms with Crippen LogP contribution in [0.4, 0.5) is 0 Å². The van der Waals surface area contributed by atoms with Gasteiger partial charge in [0.1, 0.15) is 0 Å². The van der Waals surface area contributed by atoms with Crippen LogP contribution in [0.2, 0.25) is 0 Å². The molecular weight excluding hydrogens is 172 g/mol. The molecule has 1 heteroatoms. The van der Waals surface area contributed by atoms with Crippen LogP contribution >= 0.6 is 0 Å². The molecule has 0 bridgehead atoms. The monoisotopic (exact) mass is 198 g/mol. The van der Waals surface area contributed by atoms with Crippen LogP contribution in [0, 0.1) is 17.3 Å². The minimum absolute atomic E-state index is 0.0562. The third kappa shape index (κ3) is 3.61. The molecule has 0 radical (unpaired) electrons. The molecule has 1 N–H and O–H groups in total. The lowest BCUT2D eigenvalue weighted by Crippen LogP contribution is -2.29. The summed E-state index contributed by atoms with van der Waals surface area (Å²) in [5.41, 5.74) is 0.0562. The molecule has 1 rings (SSSR count). The summed E-state index contributed by atoms with van der Waals surface area (Å²) in [4.78, 5) is 0. The zero-order valence-electron chi connectivity index (χ0n) is 10.2. The summed E-state index contributed by atoms with van der Waals surface area (Å²) < 4.78 is 0. The van der Waals surface area contributed by atoms with Crippen molar-refractivity contribution in [3.8, 4) is 0 Å². The molecular formula is C13H26O. The molecule has 3 unspecified atom stereocenters. The molecule has 0 aromatic heterocycles. The molecule has 0 amide bonds. The smallest absolute Gasteiger partial charge is 0.0591 e. The van der Waals surface area contributed by atoms with Crippen LogP contribution in [0.25, 0.3) is 0 Å². The van der Waals surface area contributed by atoms with Crippen molar-refractivity contribution in [2.45, 2.75) is 65.9 Å². The van der Waals surface area contributed by atoms with Gasteiger partial charge in [-0.3, -0.25) is 0 Å². The third-order valence-electron chi connectivity index (χ3n) is 3.60. The highest BCUT2D eigenvalue weighted by Crippen LogP contribution is 2.34. The van der Waals surface area contributed by atoms with Gasteiger partial charge in [-0.05, 0) is 30.1 Å². The molecule has 1 nitrogen and oxygen atoms in total. The van der Waals surface area contributed by atoms with Crippen molar-refractivity contribution in [2.24, 2.45) is 17.3 Å². The molecule has 3 atom stereocenters. The van der Waals surface area contributed by atoms with E-state index in [1.54, 1.807) is 0 Å². The van der Waals surface area contributed by atoms with Gasteiger partial charge in [-0.25, -0.2) is 0 Å². The fourth-order valence-electron chi connectivity index (χ4n) is 2.44. The lowest BCUT2D eigenvalue weighted by Gasteiger charge is -2.33. The van der Waals surface area contributed by atoms with Gasteiger partial charge in [0.25, 0.3) is 0 Å². The lowest BCUT2D eigenvalue weighted by atomic mass is 9.76. The maximum atomic E-state index is 10.0. The summed E-state index contributed by atoms with van der Waals surface area (Å²) in [5, 5.41) is 10.0. The van der Waals surface area contributed by atoms with Gasteiger partial charge in [-0.15, -0.1) is 0 Å². The molecule has 0 heterocycles. The van der Waals surface area contributed by atoms with Crippen molar-refractivity contribution in [3.63, 3.8) is 0 Å². The van der Waals surface area contributed by atoms with Crippen molar-refractivity contribution < 1.29 is 5.11 Å². The van der Waals surface area contributed by atoms with E-state index in [1.165, 1.54) is 25.7 Å². The maximum Gasteiger partial charge on any atom is 0.0591 e. The zero-order chi connectivity index (χ0) is 10.8. The largest absolute Gasteiger partial charge is 0.393 e. The van der Waals surface area contributed by atoms with Crippen LogP contribution in [0.1, 0.15) is 59.8 Å². The van der Waals surface area contributed by atoms with E-state index in [0.717, 1.165) is 18.3 Å². The number of rotatable bonds is 2. The second-order valence-electron chi connectivity index (χ2n) is 6.26. The Kier molecular flexibility index (Phi) is 4.00. The first-order chi connectivity index (χ1) is 6.39. The second-order valence-corrected chi connectivity index (χ2v) is 6.26. The summed E-state index contributed by atoms with van der Waals surface area (Å²) in [7, 11) is 0. The number of aliphatic hydroxyl groups is 1. The highest BCUT2D eigenvalue weighted by Gasteiger charge is 2.27. The number of hydrogen-bond acceptors (Lipinski definition) is 1. The number of hydrogen-bond donors (Lipinski definition) is 1. The van der Waals surface area contributed by atoms with Gasteiger partial charge < -0.3 is 5.11 Å². The third-order valence-corrected chi connectivity index (χ3v) is 3.60. The highest BCUT2D eigenvalue weighted by molar-refractivity contribution is 4.79. The fraction of sp³-hybridized carbons (Fsp3) is 1.00. The van der Waals surface area contributed by atoms with Gasteiger partial charge in [-0.2, -0.15) is 0 Å². The summed E-state index contributed by atoms with van der Waals surface area (Å²) in [6.07, 6.45) is 6.29. The number of aliphatic hydroxyl groups excluding tert-OH is 1. The summed E-state index contributed by atoms with van der Waals surface area (Å²) in [5.74, 6) is 1.65. The van der Waals surface area contributed by atoms with E-state index in [9.17, 15) is 5.11 Å². The average Bonchev–Trinajstić information content (AvgIpc) is 2.02. The zero-order valence-corrected chi connectivity index (χ0v) is 10.2. The van der Waals surface area contributed by atoms with Gasteiger partial charge in [0, 0.05) is 0 Å². The summed E-state index contributed by atoms with van der Waals surface area (Å²) >= 11 is 0. The Bertz CT molecular complexity index is 169. The quantitative estimate of drug-likeness (QED) is 0.718. The molecule has 0 saturated heterocycles. The average molecular weight is 198 g/mol. The van der Waals surface area contributed by atoms with E-state index in [-0.39, 0.29) is 11.5 Å². The Morgan fingerprint density at radius 3 is 2.43 bits per heavy atom. The Hall–Kier alpha value is -0.0400. The van der Waals surface area contributed by atoms with Gasteiger partial charge in [0.05, 0.1) is 6.10 Å². The Labute approximate surface area is 88.9 Å². The summed E-state index contributed by atoms with van der Waals surface area (Å²) in [6, 6.07) is 0. The molecule has 0 aromatic rings. The standard InChI is InChI=1S/C13H26O/c1-10-6-5-7-11(8-10)9-12(14)13(2,3)4/h10-12,14H,5-9H2,1-4H3. The van der Waals surface area contributed by atoms with E-state index >= 15 is 0 Å². The highest BCUT2D eigenvalue weighted by atomic mass is 16.3. The predicted octanol–water partition coefficient (Wildman–Crippen LogP) is 3.61. The molecule has 0 aromatic carbocycles. The second kappa shape index (κ2) is 4.65. The SMILES string of the molecule is CC1CCCC(CC(O)C(C)(C)C)C1. The van der Waals surface area contributed by atoms with E-state index in [2.05, 4.69) is 27.7 Å². The van der Waals surface area contributed by atoms with E-state index < -0.39 is 0 Å². The van der Waals surface area contributed by atoms with Crippen molar-refractivity contribution in [1.29, 1.82) is 0 Å². The first-order valence-electron chi connectivity index (χ1n) is 6.07. The topological polar surface area (TPSA) is 20.2 Å². The molecule has 1 saturated carbocycles. The van der Waals surface area contributed by atoms with Crippen molar-refractivity contribution in [3.05, 3.63) is 0 Å². The van der Waals surface area contributed by atoms with Crippen LogP contribution < -0.4 is 0 Å². The molecule has 0 aliphatic heterocycles. The van der Waals surface area contributed by atoms with Crippen LogP contribution in [-0.4, -0.2) is 11.2 Å². The molecule has 1 aliphatic rings. The predicted molar refractivity (Wildman–Crippen MR) is 61.2 cm³/mol. The first kappa shape index (κ1) is 12.0. The van der Waals surface area contributed by atoms with E-state index in [0.29, 0.717) is 0 Å². The van der Waals surface area contributed by atoms with Gasteiger partial charge in [0.2, 0.25) is 0 Å². The minimum Gasteiger partial charge on any atom is -0.393 e. The summed E-state index contributed by atoms with van der Waals surface area (Å²) in [6.45, 7) is 8.73. The van der Waals surface area contributed by atoms with Gasteiger partial charge in [-0.1, -0.05) is 47.0 Å². The van der Waals surface area contributed by atoms with E-state index in [4.69, 9.17) is 0 Å². The van der Waals surface area contributed by atoms with Gasteiger partial charge in [0.15, 0.2) is 0 Å². The molecule has 1 fully saturated rings. The van der Waals surface area contributed by atoms with Crippen molar-refractivity contribution >= 4 is 0 Å². The Balaban J connectivity index is 2.36. The Morgan fingerprint density at radius 1 is 1.29 bits per heavy atom. The fourth-order valence-corrected chi connectivity index (χ4v) is 2.44. The van der Waals surface area contributed by atoms with Crippen LogP contribution in [0.5, 0.6) is 0 Å². The molecule has 14 heavy (non-hydrogen) atoms.